The number of hydrogen-bond acceptors (Lipinski definition) is 4. The van der Waals surface area contributed by atoms with Crippen molar-refractivity contribution in [3.8, 4) is 0 Å². The van der Waals surface area contributed by atoms with E-state index in [1.165, 1.54) is 6.07 Å². The molecule has 2 N–H and O–H groups in total. The fourth-order valence-corrected chi connectivity index (χ4v) is 4.22. The van der Waals surface area contributed by atoms with Crippen LogP contribution in [0, 0.1) is 11.6 Å². The van der Waals surface area contributed by atoms with Gasteiger partial charge in [-0.2, -0.15) is 0 Å². The first-order valence-electron chi connectivity index (χ1n) is 11.0. The van der Waals surface area contributed by atoms with Crippen LogP contribution in [0.2, 0.25) is 0 Å². The van der Waals surface area contributed by atoms with E-state index in [9.17, 15) is 26.8 Å². The topological polar surface area (TPSA) is 95.6 Å². The zero-order valence-corrected chi connectivity index (χ0v) is 21.1. The Labute approximate surface area is 209 Å². The van der Waals surface area contributed by atoms with Crippen LogP contribution in [0.15, 0.2) is 66.7 Å². The van der Waals surface area contributed by atoms with Crippen molar-refractivity contribution in [1.82, 2.24) is 0 Å². The standard InChI is InChI=1S/C26H27F2N3O4S/c1-26(2,3)18-10-8-17(9-11-18)25(33)30-20-7-5-6-19(14-20)29-24(32)16-31(36(4,34)35)21-12-13-22(27)23(28)15-21/h5-15H,16H2,1-4H3,(H,29,32)(H,30,33). The van der Waals surface area contributed by atoms with Crippen molar-refractivity contribution in [2.45, 2.75) is 26.2 Å². The highest BCUT2D eigenvalue weighted by Gasteiger charge is 2.22. The van der Waals surface area contributed by atoms with Gasteiger partial charge in [-0.25, -0.2) is 17.2 Å². The van der Waals surface area contributed by atoms with Crippen molar-refractivity contribution in [1.29, 1.82) is 0 Å². The molecule has 7 nitrogen and oxygen atoms in total. The van der Waals surface area contributed by atoms with Crippen molar-refractivity contribution in [3.63, 3.8) is 0 Å². The second-order valence-electron chi connectivity index (χ2n) is 9.28. The molecular formula is C26H27F2N3O4S. The number of halogens is 2. The van der Waals surface area contributed by atoms with E-state index in [2.05, 4.69) is 31.4 Å². The lowest BCUT2D eigenvalue weighted by Crippen LogP contribution is -2.37. The Morgan fingerprint density at radius 3 is 2.03 bits per heavy atom. The summed E-state index contributed by atoms with van der Waals surface area (Å²) in [7, 11) is -3.98. The minimum atomic E-state index is -3.98. The van der Waals surface area contributed by atoms with Crippen LogP contribution in [0.1, 0.15) is 36.7 Å². The van der Waals surface area contributed by atoms with Gasteiger partial charge in [0.25, 0.3) is 5.91 Å². The molecule has 0 heterocycles. The second kappa shape index (κ2) is 10.4. The third-order valence-electron chi connectivity index (χ3n) is 5.30. The Morgan fingerprint density at radius 1 is 0.861 bits per heavy atom. The number of hydrogen-bond donors (Lipinski definition) is 2. The van der Waals surface area contributed by atoms with Crippen molar-refractivity contribution in [2.24, 2.45) is 0 Å². The molecular weight excluding hydrogens is 488 g/mol. The summed E-state index contributed by atoms with van der Waals surface area (Å²) in [6, 6.07) is 16.1. The summed E-state index contributed by atoms with van der Waals surface area (Å²) in [6.45, 7) is 5.57. The fraction of sp³-hybridized carbons (Fsp3) is 0.231. The number of anilines is 3. The molecule has 0 aliphatic carbocycles. The van der Waals surface area contributed by atoms with Gasteiger partial charge in [0.1, 0.15) is 6.54 Å². The Kier molecular flexibility index (Phi) is 7.78. The lowest BCUT2D eigenvalue weighted by molar-refractivity contribution is -0.114. The maximum absolute atomic E-state index is 13.6. The highest BCUT2D eigenvalue weighted by molar-refractivity contribution is 7.92. The van der Waals surface area contributed by atoms with Gasteiger partial charge in [-0.05, 0) is 53.4 Å². The van der Waals surface area contributed by atoms with Crippen LogP contribution < -0.4 is 14.9 Å². The molecule has 0 bridgehead atoms. The predicted octanol–water partition coefficient (Wildman–Crippen LogP) is 4.92. The van der Waals surface area contributed by atoms with Crippen LogP contribution in [0.25, 0.3) is 0 Å². The van der Waals surface area contributed by atoms with Crippen LogP contribution in [0.3, 0.4) is 0 Å². The molecule has 2 amide bonds. The molecule has 0 unspecified atom stereocenters. The maximum Gasteiger partial charge on any atom is 0.255 e. The van der Waals surface area contributed by atoms with E-state index in [1.807, 2.05) is 12.1 Å². The molecule has 0 aliphatic heterocycles. The van der Waals surface area contributed by atoms with E-state index < -0.39 is 34.1 Å². The first kappa shape index (κ1) is 26.8. The third kappa shape index (κ3) is 6.88. The Balaban J connectivity index is 1.70. The van der Waals surface area contributed by atoms with Crippen LogP contribution in [0.5, 0.6) is 0 Å². The molecule has 3 rings (SSSR count). The number of carbonyl (C=O) groups excluding carboxylic acids is 2. The number of carbonyl (C=O) groups is 2. The Morgan fingerprint density at radius 2 is 1.47 bits per heavy atom. The molecule has 3 aromatic carbocycles. The minimum Gasteiger partial charge on any atom is -0.324 e. The van der Waals surface area contributed by atoms with Gasteiger partial charge < -0.3 is 10.6 Å². The number of nitrogens with one attached hydrogen (secondary N) is 2. The summed E-state index contributed by atoms with van der Waals surface area (Å²) in [5.41, 5.74) is 2.05. The van der Waals surface area contributed by atoms with Crippen LogP contribution >= 0.6 is 0 Å². The van der Waals surface area contributed by atoms with Gasteiger partial charge in [-0.3, -0.25) is 13.9 Å². The molecule has 0 saturated heterocycles. The van der Waals surface area contributed by atoms with Gasteiger partial charge in [0.15, 0.2) is 11.6 Å². The molecule has 0 aromatic heterocycles. The summed E-state index contributed by atoms with van der Waals surface area (Å²) >= 11 is 0. The smallest absolute Gasteiger partial charge is 0.255 e. The van der Waals surface area contributed by atoms with Gasteiger partial charge in [0.05, 0.1) is 11.9 Å². The van der Waals surface area contributed by atoms with Gasteiger partial charge in [0.2, 0.25) is 15.9 Å². The number of rotatable bonds is 7. The molecule has 0 saturated carbocycles. The van der Waals surface area contributed by atoms with Crippen LogP contribution in [-0.4, -0.2) is 33.0 Å². The van der Waals surface area contributed by atoms with E-state index in [-0.39, 0.29) is 17.0 Å². The largest absolute Gasteiger partial charge is 0.324 e. The maximum atomic E-state index is 13.6. The van der Waals surface area contributed by atoms with Crippen molar-refractivity contribution >= 4 is 38.9 Å². The van der Waals surface area contributed by atoms with E-state index in [4.69, 9.17) is 0 Å². The average Bonchev–Trinajstić information content (AvgIpc) is 2.78. The van der Waals surface area contributed by atoms with Crippen LogP contribution in [0.4, 0.5) is 25.8 Å². The first-order valence-corrected chi connectivity index (χ1v) is 12.8. The van der Waals surface area contributed by atoms with E-state index >= 15 is 0 Å². The quantitative estimate of drug-likeness (QED) is 0.467. The first-order chi connectivity index (χ1) is 16.7. The molecule has 0 aliphatic rings. The number of nitrogens with zero attached hydrogens (tertiary/aromatic N) is 1. The van der Waals surface area contributed by atoms with E-state index in [0.717, 1.165) is 24.0 Å². The summed E-state index contributed by atoms with van der Waals surface area (Å²) in [4.78, 5) is 25.2. The molecule has 190 valence electrons. The molecule has 0 atom stereocenters. The lowest BCUT2D eigenvalue weighted by Gasteiger charge is -2.22. The zero-order chi connectivity index (χ0) is 26.7. The lowest BCUT2D eigenvalue weighted by atomic mass is 9.87. The second-order valence-corrected chi connectivity index (χ2v) is 11.2. The molecule has 3 aromatic rings. The van der Waals surface area contributed by atoms with Crippen molar-refractivity contribution in [3.05, 3.63) is 89.5 Å². The molecule has 0 spiro atoms. The monoisotopic (exact) mass is 515 g/mol. The predicted molar refractivity (Wildman–Crippen MR) is 137 cm³/mol. The van der Waals surface area contributed by atoms with Gasteiger partial charge in [-0.15, -0.1) is 0 Å². The zero-order valence-electron chi connectivity index (χ0n) is 20.3. The van der Waals surface area contributed by atoms with Gasteiger partial charge >= 0.3 is 0 Å². The molecule has 36 heavy (non-hydrogen) atoms. The van der Waals surface area contributed by atoms with Gasteiger partial charge in [-0.1, -0.05) is 39.0 Å². The fourth-order valence-electron chi connectivity index (χ4n) is 3.37. The highest BCUT2D eigenvalue weighted by Crippen LogP contribution is 2.23. The summed E-state index contributed by atoms with van der Waals surface area (Å²) in [6.07, 6.45) is 0.853. The van der Waals surface area contributed by atoms with Crippen molar-refractivity contribution in [2.75, 3.05) is 27.7 Å². The number of benzene rings is 3. The summed E-state index contributed by atoms with van der Waals surface area (Å²) in [5.74, 6) is -3.43. The summed E-state index contributed by atoms with van der Waals surface area (Å²) in [5, 5.41) is 5.31. The average molecular weight is 516 g/mol. The number of sulfonamides is 1. The molecule has 10 heteroatoms. The normalized spacial score (nSPS) is 11.6. The minimum absolute atomic E-state index is 0.0426. The highest BCUT2D eigenvalue weighted by atomic mass is 32.2. The number of amides is 2. The van der Waals surface area contributed by atoms with E-state index in [1.54, 1.807) is 30.3 Å². The third-order valence-corrected chi connectivity index (χ3v) is 6.44. The SMILES string of the molecule is CC(C)(C)c1ccc(C(=O)Nc2cccc(NC(=O)CN(c3ccc(F)c(F)c3)S(C)(=O)=O)c2)cc1. The van der Waals surface area contributed by atoms with E-state index in [0.29, 0.717) is 27.3 Å². The Bertz CT molecular complexity index is 1390. The summed E-state index contributed by atoms with van der Waals surface area (Å²) < 4.78 is 51.9. The van der Waals surface area contributed by atoms with Crippen LogP contribution in [-0.2, 0) is 20.2 Å². The van der Waals surface area contributed by atoms with Gasteiger partial charge in [0, 0.05) is 23.0 Å². The Hall–Kier alpha value is -3.79. The molecule has 0 radical (unpaired) electrons. The van der Waals surface area contributed by atoms with Crippen molar-refractivity contribution < 1.29 is 26.8 Å². The molecule has 0 fully saturated rings.